The molecule has 0 aliphatic carbocycles. The van der Waals surface area contributed by atoms with Crippen molar-refractivity contribution in [2.75, 3.05) is 6.54 Å². The molecule has 0 bridgehead atoms. The Bertz CT molecular complexity index is 268. The molecule has 2 heterocycles. The third-order valence-corrected chi connectivity index (χ3v) is 1.92. The average molecular weight is 151 g/mol. The van der Waals surface area contributed by atoms with Crippen LogP contribution in [0.2, 0.25) is 0 Å². The minimum atomic E-state index is 0.649. The number of amides is 1. The minimum absolute atomic E-state index is 0.649. The topological polar surface area (TPSA) is 38.1 Å². The van der Waals surface area contributed by atoms with Gasteiger partial charge in [0.1, 0.15) is 5.82 Å². The van der Waals surface area contributed by atoms with Crippen LogP contribution in [0.1, 0.15) is 5.82 Å². The van der Waals surface area contributed by atoms with E-state index in [1.165, 1.54) is 0 Å². The number of fused-ring (bicyclic) bond motifs is 1. The molecule has 4 nitrogen and oxygen atoms in total. The van der Waals surface area contributed by atoms with Crippen LogP contribution in [0.3, 0.4) is 0 Å². The van der Waals surface area contributed by atoms with Crippen LogP contribution in [-0.2, 0) is 17.9 Å². The monoisotopic (exact) mass is 151 g/mol. The minimum Gasteiger partial charge on any atom is -0.336 e. The molecule has 1 amide bonds. The Kier molecular flexibility index (Phi) is 1.38. The fourth-order valence-corrected chi connectivity index (χ4v) is 1.28. The van der Waals surface area contributed by atoms with E-state index in [9.17, 15) is 4.79 Å². The summed E-state index contributed by atoms with van der Waals surface area (Å²) in [7, 11) is 0. The van der Waals surface area contributed by atoms with E-state index in [4.69, 9.17) is 0 Å². The molecule has 0 N–H and O–H groups in total. The van der Waals surface area contributed by atoms with Crippen molar-refractivity contribution in [3.63, 3.8) is 0 Å². The SMILES string of the molecule is O=CN1CCn2ccnc2C1. The molecule has 1 aromatic heterocycles. The molecule has 2 rings (SSSR count). The Morgan fingerprint density at radius 2 is 2.45 bits per heavy atom. The van der Waals surface area contributed by atoms with Gasteiger partial charge in [-0.3, -0.25) is 4.79 Å². The highest BCUT2D eigenvalue weighted by Gasteiger charge is 2.13. The molecule has 0 saturated heterocycles. The first kappa shape index (κ1) is 6.39. The summed E-state index contributed by atoms with van der Waals surface area (Å²) in [5, 5.41) is 0. The Morgan fingerprint density at radius 3 is 3.27 bits per heavy atom. The summed E-state index contributed by atoms with van der Waals surface area (Å²) < 4.78 is 2.07. The highest BCUT2D eigenvalue weighted by Crippen LogP contribution is 2.07. The summed E-state index contributed by atoms with van der Waals surface area (Å²) >= 11 is 0. The van der Waals surface area contributed by atoms with Gasteiger partial charge >= 0.3 is 0 Å². The molecule has 4 heteroatoms. The van der Waals surface area contributed by atoms with Gasteiger partial charge in [0.05, 0.1) is 6.54 Å². The molecule has 11 heavy (non-hydrogen) atoms. The van der Waals surface area contributed by atoms with Crippen LogP contribution in [0, 0.1) is 0 Å². The first-order chi connectivity index (χ1) is 5.40. The summed E-state index contributed by atoms with van der Waals surface area (Å²) in [6, 6.07) is 0. The van der Waals surface area contributed by atoms with Crippen molar-refractivity contribution in [1.29, 1.82) is 0 Å². The molecule has 0 spiro atoms. The van der Waals surface area contributed by atoms with E-state index in [-0.39, 0.29) is 0 Å². The Hall–Kier alpha value is -1.32. The highest BCUT2D eigenvalue weighted by molar-refractivity contribution is 5.47. The van der Waals surface area contributed by atoms with Gasteiger partial charge < -0.3 is 9.47 Å². The lowest BCUT2D eigenvalue weighted by atomic mass is 10.4. The van der Waals surface area contributed by atoms with E-state index >= 15 is 0 Å². The fourth-order valence-electron chi connectivity index (χ4n) is 1.28. The van der Waals surface area contributed by atoms with E-state index in [1.54, 1.807) is 11.1 Å². The lowest BCUT2D eigenvalue weighted by molar-refractivity contribution is -0.119. The molecule has 1 aliphatic heterocycles. The Balaban J connectivity index is 2.24. The number of aromatic nitrogens is 2. The zero-order chi connectivity index (χ0) is 7.68. The molecule has 0 atom stereocenters. The maximum Gasteiger partial charge on any atom is 0.210 e. The Morgan fingerprint density at radius 1 is 1.55 bits per heavy atom. The summed E-state index contributed by atoms with van der Waals surface area (Å²) in [6.45, 7) is 2.32. The number of imidazole rings is 1. The van der Waals surface area contributed by atoms with Crippen molar-refractivity contribution in [2.24, 2.45) is 0 Å². The van der Waals surface area contributed by atoms with E-state index in [1.807, 2.05) is 6.20 Å². The van der Waals surface area contributed by atoms with Crippen LogP contribution in [0.15, 0.2) is 12.4 Å². The van der Waals surface area contributed by atoms with Crippen molar-refractivity contribution < 1.29 is 4.79 Å². The molecule has 58 valence electrons. The molecular formula is C7H9N3O. The first-order valence-corrected chi connectivity index (χ1v) is 3.59. The van der Waals surface area contributed by atoms with E-state index < -0.39 is 0 Å². The van der Waals surface area contributed by atoms with Gasteiger partial charge in [-0.2, -0.15) is 0 Å². The zero-order valence-electron chi connectivity index (χ0n) is 6.10. The van der Waals surface area contributed by atoms with Crippen LogP contribution in [-0.4, -0.2) is 27.4 Å². The van der Waals surface area contributed by atoms with Crippen LogP contribution < -0.4 is 0 Å². The van der Waals surface area contributed by atoms with Gasteiger partial charge in [0.2, 0.25) is 6.41 Å². The van der Waals surface area contributed by atoms with E-state index in [0.29, 0.717) is 6.54 Å². The fraction of sp³-hybridized carbons (Fsp3) is 0.429. The second-order valence-corrected chi connectivity index (χ2v) is 2.61. The normalized spacial score (nSPS) is 16.2. The molecule has 0 saturated carbocycles. The second kappa shape index (κ2) is 2.38. The largest absolute Gasteiger partial charge is 0.336 e. The molecule has 0 radical (unpaired) electrons. The molecule has 0 aromatic carbocycles. The Labute approximate surface area is 64.4 Å². The quantitative estimate of drug-likeness (QED) is 0.524. The zero-order valence-corrected chi connectivity index (χ0v) is 6.10. The second-order valence-electron chi connectivity index (χ2n) is 2.61. The smallest absolute Gasteiger partial charge is 0.210 e. The van der Waals surface area contributed by atoms with Crippen LogP contribution in [0.4, 0.5) is 0 Å². The third kappa shape index (κ3) is 1.00. The average Bonchev–Trinajstić information content (AvgIpc) is 2.50. The maximum absolute atomic E-state index is 10.4. The molecule has 0 unspecified atom stereocenters. The molecule has 0 fully saturated rings. The predicted molar refractivity (Wildman–Crippen MR) is 38.7 cm³/mol. The summed E-state index contributed by atoms with van der Waals surface area (Å²) in [5.41, 5.74) is 0. The standard InChI is InChI=1S/C7H9N3O/c11-6-9-3-4-10-2-1-8-7(10)5-9/h1-2,6H,3-5H2. The van der Waals surface area contributed by atoms with Gasteiger partial charge in [-0.1, -0.05) is 0 Å². The summed E-state index contributed by atoms with van der Waals surface area (Å²) in [5.74, 6) is 0.975. The first-order valence-electron chi connectivity index (χ1n) is 3.59. The number of nitrogens with zero attached hydrogens (tertiary/aromatic N) is 3. The number of hydrogen-bond acceptors (Lipinski definition) is 2. The van der Waals surface area contributed by atoms with Crippen molar-refractivity contribution in [3.05, 3.63) is 18.2 Å². The summed E-state index contributed by atoms with van der Waals surface area (Å²) in [4.78, 5) is 16.2. The van der Waals surface area contributed by atoms with Gasteiger partial charge in [0, 0.05) is 25.5 Å². The molecule has 1 aliphatic rings. The molecule has 1 aromatic rings. The van der Waals surface area contributed by atoms with E-state index in [2.05, 4.69) is 9.55 Å². The number of rotatable bonds is 1. The van der Waals surface area contributed by atoms with Gasteiger partial charge in [0.25, 0.3) is 0 Å². The van der Waals surface area contributed by atoms with Gasteiger partial charge in [-0.05, 0) is 0 Å². The number of hydrogen-bond donors (Lipinski definition) is 0. The van der Waals surface area contributed by atoms with Crippen molar-refractivity contribution in [1.82, 2.24) is 14.5 Å². The van der Waals surface area contributed by atoms with Gasteiger partial charge in [-0.15, -0.1) is 0 Å². The van der Waals surface area contributed by atoms with Crippen molar-refractivity contribution in [2.45, 2.75) is 13.1 Å². The maximum atomic E-state index is 10.4. The van der Waals surface area contributed by atoms with Crippen LogP contribution in [0.5, 0.6) is 0 Å². The number of carbonyl (C=O) groups is 1. The van der Waals surface area contributed by atoms with Gasteiger partial charge in [-0.25, -0.2) is 4.98 Å². The summed E-state index contributed by atoms with van der Waals surface area (Å²) in [6.07, 6.45) is 4.58. The van der Waals surface area contributed by atoms with Crippen LogP contribution in [0.25, 0.3) is 0 Å². The van der Waals surface area contributed by atoms with Gasteiger partial charge in [0.15, 0.2) is 0 Å². The van der Waals surface area contributed by atoms with Crippen LogP contribution >= 0.6 is 0 Å². The lowest BCUT2D eigenvalue weighted by Crippen LogP contribution is -2.32. The van der Waals surface area contributed by atoms with E-state index in [0.717, 1.165) is 25.3 Å². The molecular weight excluding hydrogens is 142 g/mol. The third-order valence-electron chi connectivity index (χ3n) is 1.92. The van der Waals surface area contributed by atoms with Crippen molar-refractivity contribution >= 4 is 6.41 Å². The lowest BCUT2D eigenvalue weighted by Gasteiger charge is -2.23. The number of carbonyl (C=O) groups excluding carboxylic acids is 1. The predicted octanol–water partition coefficient (Wildman–Crippen LogP) is -0.145. The van der Waals surface area contributed by atoms with Crippen molar-refractivity contribution in [3.8, 4) is 0 Å². The highest BCUT2D eigenvalue weighted by atomic mass is 16.1.